The van der Waals surface area contributed by atoms with Crippen molar-refractivity contribution in [3.05, 3.63) is 57.5 Å². The Bertz CT molecular complexity index is 885. The Morgan fingerprint density at radius 1 is 1.35 bits per heavy atom. The van der Waals surface area contributed by atoms with Crippen molar-refractivity contribution < 1.29 is 9.84 Å². The van der Waals surface area contributed by atoms with Gasteiger partial charge in [0, 0.05) is 0 Å². The van der Waals surface area contributed by atoms with Gasteiger partial charge in [0.05, 0.1) is 18.3 Å². The molecule has 0 saturated heterocycles. The highest BCUT2D eigenvalue weighted by molar-refractivity contribution is 7.16. The number of benzene rings is 1. The fourth-order valence-corrected chi connectivity index (χ4v) is 3.17. The monoisotopic (exact) mass is 330 g/mol. The van der Waals surface area contributed by atoms with E-state index in [1.807, 2.05) is 37.4 Å². The number of hydrogen-bond acceptors (Lipinski definition) is 5. The molecule has 0 unspecified atom stereocenters. The lowest BCUT2D eigenvalue weighted by Gasteiger charge is -2.15. The quantitative estimate of drug-likeness (QED) is 0.781. The summed E-state index contributed by atoms with van der Waals surface area (Å²) in [5, 5.41) is 12.6. The minimum Gasteiger partial charge on any atom is -0.491 e. The lowest BCUT2D eigenvalue weighted by molar-refractivity contribution is 0.0911. The number of ether oxygens (including phenoxy) is 1. The van der Waals surface area contributed by atoms with Crippen LogP contribution >= 0.6 is 11.3 Å². The van der Waals surface area contributed by atoms with Gasteiger partial charge >= 0.3 is 0 Å². The van der Waals surface area contributed by atoms with Gasteiger partial charge in [0.15, 0.2) is 0 Å². The Morgan fingerprint density at radius 3 is 2.96 bits per heavy atom. The molecule has 0 aliphatic carbocycles. The average Bonchev–Trinajstić information content (AvgIpc) is 2.98. The molecule has 3 aromatic rings. The highest BCUT2D eigenvalue weighted by atomic mass is 32.1. The molecule has 0 spiro atoms. The number of aromatic nitrogens is 2. The second kappa shape index (κ2) is 6.52. The molecule has 5 nitrogen and oxygen atoms in total. The number of aliphatic hydroxyl groups is 1. The molecule has 1 aromatic carbocycles. The van der Waals surface area contributed by atoms with E-state index in [1.54, 1.807) is 6.07 Å². The molecule has 6 heteroatoms. The summed E-state index contributed by atoms with van der Waals surface area (Å²) in [6.07, 6.45) is 0.688. The molecule has 2 heterocycles. The van der Waals surface area contributed by atoms with Crippen LogP contribution < -0.4 is 10.3 Å². The van der Waals surface area contributed by atoms with Crippen molar-refractivity contribution >= 4 is 21.6 Å². The Balaban J connectivity index is 1.67. The number of thiophene rings is 1. The van der Waals surface area contributed by atoms with Gasteiger partial charge in [-0.3, -0.25) is 9.36 Å². The highest BCUT2D eigenvalue weighted by Gasteiger charge is 2.11. The van der Waals surface area contributed by atoms with Gasteiger partial charge in [-0.05, 0) is 36.9 Å². The van der Waals surface area contributed by atoms with E-state index in [1.165, 1.54) is 22.2 Å². The number of rotatable bonds is 5. The fourth-order valence-electron chi connectivity index (χ4n) is 2.45. The average molecular weight is 330 g/mol. The Morgan fingerprint density at radius 2 is 2.17 bits per heavy atom. The van der Waals surface area contributed by atoms with E-state index in [0.717, 1.165) is 16.9 Å². The molecule has 0 amide bonds. The second-order valence-electron chi connectivity index (χ2n) is 5.58. The topological polar surface area (TPSA) is 64.3 Å². The Labute approximate surface area is 137 Å². The molecule has 0 aliphatic rings. The summed E-state index contributed by atoms with van der Waals surface area (Å²) in [6, 6.07) is 7.64. The third kappa shape index (κ3) is 3.43. The van der Waals surface area contributed by atoms with Gasteiger partial charge in [-0.25, -0.2) is 4.98 Å². The van der Waals surface area contributed by atoms with Crippen LogP contribution in [0.5, 0.6) is 5.75 Å². The van der Waals surface area contributed by atoms with Crippen LogP contribution in [0, 0.1) is 13.8 Å². The van der Waals surface area contributed by atoms with Crippen molar-refractivity contribution in [2.24, 2.45) is 0 Å². The third-order valence-corrected chi connectivity index (χ3v) is 4.44. The summed E-state index contributed by atoms with van der Waals surface area (Å²) >= 11 is 1.43. The normalized spacial score (nSPS) is 12.5. The molecule has 0 radical (unpaired) electrons. The van der Waals surface area contributed by atoms with Crippen LogP contribution in [0.25, 0.3) is 10.2 Å². The third-order valence-electron chi connectivity index (χ3n) is 3.62. The van der Waals surface area contributed by atoms with E-state index in [2.05, 4.69) is 4.98 Å². The standard InChI is InChI=1S/C17H18N2O3S/c1-11-3-4-15(12(2)7-11)22-9-13(20)8-19-10-18-16-14(17(19)21)5-6-23-16/h3-7,10,13,20H,8-9H2,1-2H3/t13-/m1/s1. The van der Waals surface area contributed by atoms with E-state index < -0.39 is 6.10 Å². The van der Waals surface area contributed by atoms with E-state index in [4.69, 9.17) is 4.74 Å². The van der Waals surface area contributed by atoms with Gasteiger partial charge in [0.2, 0.25) is 0 Å². The van der Waals surface area contributed by atoms with Crippen molar-refractivity contribution in [2.45, 2.75) is 26.5 Å². The number of nitrogens with zero attached hydrogens (tertiary/aromatic N) is 2. The van der Waals surface area contributed by atoms with E-state index >= 15 is 0 Å². The smallest absolute Gasteiger partial charge is 0.262 e. The summed E-state index contributed by atoms with van der Waals surface area (Å²) < 4.78 is 7.08. The molecule has 3 rings (SSSR count). The van der Waals surface area contributed by atoms with Gasteiger partial charge < -0.3 is 9.84 Å². The lowest BCUT2D eigenvalue weighted by Crippen LogP contribution is -2.30. The zero-order chi connectivity index (χ0) is 16.4. The maximum absolute atomic E-state index is 12.3. The van der Waals surface area contributed by atoms with Crippen molar-refractivity contribution in [3.8, 4) is 5.75 Å². The first-order valence-electron chi connectivity index (χ1n) is 7.35. The predicted octanol–water partition coefficient (Wildman–Crippen LogP) is 2.51. The molecule has 0 bridgehead atoms. The molecule has 0 saturated carbocycles. The molecule has 1 atom stereocenters. The number of aryl methyl sites for hydroxylation is 2. The SMILES string of the molecule is Cc1ccc(OC[C@H](O)Cn2cnc3sccc3c2=O)c(C)c1. The maximum Gasteiger partial charge on any atom is 0.262 e. The molecule has 0 fully saturated rings. The predicted molar refractivity (Wildman–Crippen MR) is 91.3 cm³/mol. The molecule has 2 aromatic heterocycles. The highest BCUT2D eigenvalue weighted by Crippen LogP contribution is 2.19. The van der Waals surface area contributed by atoms with Crippen LogP contribution in [0.3, 0.4) is 0 Å². The van der Waals surface area contributed by atoms with E-state index in [9.17, 15) is 9.90 Å². The number of fused-ring (bicyclic) bond motifs is 1. The van der Waals surface area contributed by atoms with Crippen molar-refractivity contribution in [1.82, 2.24) is 9.55 Å². The Kier molecular flexibility index (Phi) is 4.45. The van der Waals surface area contributed by atoms with Crippen LogP contribution in [0.1, 0.15) is 11.1 Å². The molecule has 0 aliphatic heterocycles. The second-order valence-corrected chi connectivity index (χ2v) is 6.47. The van der Waals surface area contributed by atoms with Crippen molar-refractivity contribution in [2.75, 3.05) is 6.61 Å². The molecule has 23 heavy (non-hydrogen) atoms. The van der Waals surface area contributed by atoms with Gasteiger partial charge in [-0.1, -0.05) is 17.7 Å². The summed E-state index contributed by atoms with van der Waals surface area (Å²) in [7, 11) is 0. The van der Waals surface area contributed by atoms with Gasteiger partial charge in [-0.15, -0.1) is 11.3 Å². The van der Waals surface area contributed by atoms with Gasteiger partial charge in [0.1, 0.15) is 23.3 Å². The van der Waals surface area contributed by atoms with Crippen molar-refractivity contribution in [1.29, 1.82) is 0 Å². The van der Waals surface area contributed by atoms with Crippen LogP contribution in [-0.2, 0) is 6.54 Å². The maximum atomic E-state index is 12.3. The minimum absolute atomic E-state index is 0.123. The van der Waals surface area contributed by atoms with Crippen LogP contribution in [-0.4, -0.2) is 27.4 Å². The van der Waals surface area contributed by atoms with Gasteiger partial charge in [-0.2, -0.15) is 0 Å². The van der Waals surface area contributed by atoms with E-state index in [-0.39, 0.29) is 18.7 Å². The lowest BCUT2D eigenvalue weighted by atomic mass is 10.1. The summed E-state index contributed by atoms with van der Waals surface area (Å²) in [6.45, 7) is 4.26. The van der Waals surface area contributed by atoms with Gasteiger partial charge in [0.25, 0.3) is 5.56 Å². The zero-order valence-corrected chi connectivity index (χ0v) is 13.8. The Hall–Kier alpha value is -2.18. The summed E-state index contributed by atoms with van der Waals surface area (Å²) in [5.41, 5.74) is 2.05. The number of aliphatic hydroxyl groups excluding tert-OH is 1. The molecule has 120 valence electrons. The zero-order valence-electron chi connectivity index (χ0n) is 13.0. The first-order valence-corrected chi connectivity index (χ1v) is 8.23. The minimum atomic E-state index is -0.786. The van der Waals surface area contributed by atoms with Crippen LogP contribution in [0.2, 0.25) is 0 Å². The summed E-state index contributed by atoms with van der Waals surface area (Å²) in [4.78, 5) is 17.2. The largest absolute Gasteiger partial charge is 0.491 e. The van der Waals surface area contributed by atoms with Crippen LogP contribution in [0.4, 0.5) is 0 Å². The molecule has 1 N–H and O–H groups in total. The first-order chi connectivity index (χ1) is 11.0. The van der Waals surface area contributed by atoms with E-state index in [0.29, 0.717) is 10.2 Å². The summed E-state index contributed by atoms with van der Waals surface area (Å²) in [5.74, 6) is 0.744. The molecular weight excluding hydrogens is 312 g/mol. The van der Waals surface area contributed by atoms with Crippen LogP contribution in [0.15, 0.2) is 40.8 Å². The molecular formula is C17H18N2O3S. The number of hydrogen-bond donors (Lipinski definition) is 1. The fraction of sp³-hybridized carbons (Fsp3) is 0.294. The first kappa shape index (κ1) is 15.7. The van der Waals surface area contributed by atoms with Crippen molar-refractivity contribution in [3.63, 3.8) is 0 Å².